The number of benzene rings is 1. The number of aryl methyl sites for hydroxylation is 1. The van der Waals surface area contributed by atoms with Gasteiger partial charge < -0.3 is 9.64 Å². The summed E-state index contributed by atoms with van der Waals surface area (Å²) in [6.07, 6.45) is 3.72. The molecule has 2 atom stereocenters. The molecule has 0 saturated carbocycles. The molecule has 31 heavy (non-hydrogen) atoms. The van der Waals surface area contributed by atoms with Crippen LogP contribution in [0.4, 0.5) is 0 Å². The lowest BCUT2D eigenvalue weighted by molar-refractivity contribution is -0.149. The molecule has 3 heterocycles. The molecule has 0 aliphatic carbocycles. The SMILES string of the molecule is Cc1cn(CN2CCC(C(=O)N3CC(C)OC(C)C3)CC2)c(=O)n1-c1ccc(Cl)cc1. The third-order valence-corrected chi connectivity index (χ3v) is 6.49. The number of imidazole rings is 1. The molecular weight excluding hydrogens is 416 g/mol. The first kappa shape index (κ1) is 22.1. The number of carbonyl (C=O) groups is 1. The van der Waals surface area contributed by atoms with Gasteiger partial charge in [-0.1, -0.05) is 11.6 Å². The monoisotopic (exact) mass is 446 g/mol. The Hall–Kier alpha value is -2.09. The molecule has 2 aromatic rings. The molecule has 2 aliphatic heterocycles. The lowest BCUT2D eigenvalue weighted by Crippen LogP contribution is -2.51. The zero-order valence-corrected chi connectivity index (χ0v) is 19.2. The number of hydrogen-bond donors (Lipinski definition) is 0. The minimum atomic E-state index is -0.0608. The van der Waals surface area contributed by atoms with E-state index in [0.29, 0.717) is 24.8 Å². The fourth-order valence-corrected chi connectivity index (χ4v) is 4.90. The van der Waals surface area contributed by atoms with Gasteiger partial charge in [0, 0.05) is 49.0 Å². The van der Waals surface area contributed by atoms with E-state index in [0.717, 1.165) is 37.3 Å². The highest BCUT2D eigenvalue weighted by Gasteiger charge is 2.32. The first-order chi connectivity index (χ1) is 14.8. The molecule has 2 unspecified atom stereocenters. The van der Waals surface area contributed by atoms with E-state index in [1.165, 1.54) is 0 Å². The second kappa shape index (κ2) is 9.18. The Bertz CT molecular complexity index is 966. The number of halogens is 1. The minimum absolute atomic E-state index is 0.0608. The van der Waals surface area contributed by atoms with Crippen LogP contribution in [0.2, 0.25) is 5.02 Å². The molecular formula is C23H31ClN4O3. The largest absolute Gasteiger partial charge is 0.372 e. The second-order valence-electron chi connectivity index (χ2n) is 8.87. The predicted octanol–water partition coefficient (Wildman–Crippen LogP) is 2.91. The summed E-state index contributed by atoms with van der Waals surface area (Å²) in [4.78, 5) is 30.2. The number of aromatic nitrogens is 2. The first-order valence-corrected chi connectivity index (χ1v) is 11.4. The maximum absolute atomic E-state index is 13.0. The van der Waals surface area contributed by atoms with E-state index in [2.05, 4.69) is 4.90 Å². The van der Waals surface area contributed by atoms with Crippen molar-refractivity contribution in [1.82, 2.24) is 18.9 Å². The number of nitrogens with zero attached hydrogens (tertiary/aromatic N) is 4. The van der Waals surface area contributed by atoms with Crippen molar-refractivity contribution >= 4 is 17.5 Å². The van der Waals surface area contributed by atoms with Crippen LogP contribution in [0.5, 0.6) is 0 Å². The van der Waals surface area contributed by atoms with Crippen LogP contribution >= 0.6 is 11.6 Å². The third-order valence-electron chi connectivity index (χ3n) is 6.24. The summed E-state index contributed by atoms with van der Waals surface area (Å²) in [5, 5.41) is 0.646. The van der Waals surface area contributed by atoms with Crippen LogP contribution in [0, 0.1) is 12.8 Å². The van der Waals surface area contributed by atoms with Crippen LogP contribution in [0.1, 0.15) is 32.4 Å². The second-order valence-corrected chi connectivity index (χ2v) is 9.31. The van der Waals surface area contributed by atoms with Crippen LogP contribution in [-0.2, 0) is 16.2 Å². The van der Waals surface area contributed by atoms with Gasteiger partial charge in [-0.25, -0.2) is 4.79 Å². The number of amides is 1. The Morgan fingerprint density at radius 3 is 2.32 bits per heavy atom. The van der Waals surface area contributed by atoms with E-state index in [1.54, 1.807) is 21.3 Å². The van der Waals surface area contributed by atoms with Crippen LogP contribution < -0.4 is 5.69 Å². The quantitative estimate of drug-likeness (QED) is 0.724. The van der Waals surface area contributed by atoms with Gasteiger partial charge in [-0.05, 0) is 57.9 Å². The highest BCUT2D eigenvalue weighted by molar-refractivity contribution is 6.30. The standard InChI is InChI=1S/C23H31ClN4O3/c1-16-12-27(23(30)28(16)21-6-4-20(24)5-7-21)15-25-10-8-19(9-11-25)22(29)26-13-17(2)31-18(3)14-26/h4-7,12,17-19H,8-11,13-15H2,1-3H3. The van der Waals surface area contributed by atoms with Gasteiger partial charge in [0.05, 0.1) is 24.6 Å². The van der Waals surface area contributed by atoms with Crippen molar-refractivity contribution in [3.05, 3.63) is 51.7 Å². The van der Waals surface area contributed by atoms with Crippen LogP contribution in [0.3, 0.4) is 0 Å². The summed E-state index contributed by atoms with van der Waals surface area (Å²) < 4.78 is 9.20. The molecule has 4 rings (SSSR count). The minimum Gasteiger partial charge on any atom is -0.372 e. The summed E-state index contributed by atoms with van der Waals surface area (Å²) in [7, 11) is 0. The Labute approximate surface area is 188 Å². The predicted molar refractivity (Wildman–Crippen MR) is 121 cm³/mol. The van der Waals surface area contributed by atoms with Crippen molar-refractivity contribution in [3.63, 3.8) is 0 Å². The third kappa shape index (κ3) is 4.89. The summed E-state index contributed by atoms with van der Waals surface area (Å²) in [5.74, 6) is 0.314. The van der Waals surface area contributed by atoms with E-state index in [9.17, 15) is 9.59 Å². The summed E-state index contributed by atoms with van der Waals surface area (Å²) in [6.45, 7) is 9.48. The van der Waals surface area contributed by atoms with Gasteiger partial charge in [0.2, 0.25) is 5.91 Å². The van der Waals surface area contributed by atoms with Crippen molar-refractivity contribution in [3.8, 4) is 5.69 Å². The smallest absolute Gasteiger partial charge is 0.334 e. The van der Waals surface area contributed by atoms with Gasteiger partial charge in [0.15, 0.2) is 0 Å². The maximum Gasteiger partial charge on any atom is 0.334 e. The lowest BCUT2D eigenvalue weighted by atomic mass is 9.95. The molecule has 8 heteroatoms. The van der Waals surface area contributed by atoms with Gasteiger partial charge in [-0.15, -0.1) is 0 Å². The number of piperidine rings is 1. The number of carbonyl (C=O) groups excluding carboxylic acids is 1. The van der Waals surface area contributed by atoms with Gasteiger partial charge >= 0.3 is 5.69 Å². The van der Waals surface area contributed by atoms with Crippen molar-refractivity contribution in [2.24, 2.45) is 5.92 Å². The highest BCUT2D eigenvalue weighted by atomic mass is 35.5. The van der Waals surface area contributed by atoms with Crippen molar-refractivity contribution in [2.45, 2.75) is 52.5 Å². The van der Waals surface area contributed by atoms with Gasteiger partial charge in [-0.3, -0.25) is 18.8 Å². The topological polar surface area (TPSA) is 59.7 Å². The van der Waals surface area contributed by atoms with E-state index in [4.69, 9.17) is 16.3 Å². The average molecular weight is 447 g/mol. The number of hydrogen-bond acceptors (Lipinski definition) is 4. The Morgan fingerprint density at radius 2 is 1.71 bits per heavy atom. The Morgan fingerprint density at radius 1 is 1.10 bits per heavy atom. The molecule has 1 aromatic carbocycles. The van der Waals surface area contributed by atoms with Crippen LogP contribution in [0.25, 0.3) is 5.69 Å². The molecule has 2 aliphatic rings. The molecule has 0 radical (unpaired) electrons. The maximum atomic E-state index is 13.0. The van der Waals surface area contributed by atoms with Crippen LogP contribution in [-0.4, -0.2) is 63.2 Å². The molecule has 7 nitrogen and oxygen atoms in total. The zero-order valence-electron chi connectivity index (χ0n) is 18.5. The molecule has 0 spiro atoms. The summed E-state index contributed by atoms with van der Waals surface area (Å²) in [6, 6.07) is 7.28. The van der Waals surface area contributed by atoms with E-state index in [-0.39, 0.29) is 29.7 Å². The van der Waals surface area contributed by atoms with Crippen molar-refractivity contribution < 1.29 is 9.53 Å². The highest BCUT2D eigenvalue weighted by Crippen LogP contribution is 2.23. The van der Waals surface area contributed by atoms with Gasteiger partial charge in [-0.2, -0.15) is 0 Å². The fourth-order valence-electron chi connectivity index (χ4n) is 4.78. The zero-order chi connectivity index (χ0) is 22.1. The molecule has 2 fully saturated rings. The number of morpholine rings is 1. The van der Waals surface area contributed by atoms with Gasteiger partial charge in [0.25, 0.3) is 0 Å². The van der Waals surface area contributed by atoms with E-state index >= 15 is 0 Å². The molecule has 2 saturated heterocycles. The fraction of sp³-hybridized carbons (Fsp3) is 0.565. The number of likely N-dealkylation sites (tertiary alicyclic amines) is 1. The molecule has 0 N–H and O–H groups in total. The van der Waals surface area contributed by atoms with E-state index in [1.807, 2.05) is 44.0 Å². The van der Waals surface area contributed by atoms with Crippen molar-refractivity contribution in [2.75, 3.05) is 26.2 Å². The number of ether oxygens (including phenoxy) is 1. The van der Waals surface area contributed by atoms with Gasteiger partial charge in [0.1, 0.15) is 0 Å². The van der Waals surface area contributed by atoms with Crippen LogP contribution in [0.15, 0.2) is 35.3 Å². The average Bonchev–Trinajstić information content (AvgIpc) is 3.01. The first-order valence-electron chi connectivity index (χ1n) is 11.0. The molecule has 168 valence electrons. The summed E-state index contributed by atoms with van der Waals surface area (Å²) in [5.41, 5.74) is 1.63. The Balaban J connectivity index is 1.37. The van der Waals surface area contributed by atoms with E-state index < -0.39 is 0 Å². The summed E-state index contributed by atoms with van der Waals surface area (Å²) >= 11 is 5.98. The lowest BCUT2D eigenvalue weighted by Gasteiger charge is -2.39. The Kier molecular flexibility index (Phi) is 6.55. The van der Waals surface area contributed by atoms with Crippen molar-refractivity contribution in [1.29, 1.82) is 0 Å². The molecule has 1 amide bonds. The normalized spacial score (nSPS) is 23.3. The molecule has 0 bridgehead atoms. The molecule has 1 aromatic heterocycles. The number of rotatable bonds is 4.